The number of urea groups is 1. The molecule has 0 aromatic heterocycles. The van der Waals surface area contributed by atoms with Gasteiger partial charge in [-0.2, -0.15) is 0 Å². The van der Waals surface area contributed by atoms with E-state index in [0.717, 1.165) is 6.20 Å². The summed E-state index contributed by atoms with van der Waals surface area (Å²) < 4.78 is 55.3. The minimum Gasteiger partial charge on any atom is -0.349 e. The molecule has 3 rings (SSSR count). The minimum atomic E-state index is -1.75. The van der Waals surface area contributed by atoms with Crippen molar-refractivity contribution in [3.05, 3.63) is 24.3 Å². The van der Waals surface area contributed by atoms with E-state index in [1.54, 1.807) is 0 Å². The molecule has 4 atom stereocenters. The Hall–Kier alpha value is -1.19. The molecule has 3 heterocycles. The van der Waals surface area contributed by atoms with E-state index in [1.807, 2.05) is 27.7 Å². The first-order valence-electron chi connectivity index (χ1n) is 8.55. The van der Waals surface area contributed by atoms with Gasteiger partial charge < -0.3 is 23.6 Å². The van der Waals surface area contributed by atoms with Crippen molar-refractivity contribution in [2.24, 2.45) is 0 Å². The highest BCUT2D eigenvalue weighted by atomic mass is 31.2. The number of carbonyl (C=O) groups excluding carboxylic acids is 1. The molecule has 0 aliphatic carbocycles. The zero-order valence-electron chi connectivity index (χ0n) is 15.8. The van der Waals surface area contributed by atoms with Gasteiger partial charge >= 0.3 is 14.6 Å². The van der Waals surface area contributed by atoms with Crippen molar-refractivity contribution in [2.45, 2.75) is 58.7 Å². The van der Waals surface area contributed by atoms with Crippen molar-refractivity contribution in [2.75, 3.05) is 13.5 Å². The normalized spacial score (nSPS) is 29.8. The summed E-state index contributed by atoms with van der Waals surface area (Å²) >= 11 is 0. The highest BCUT2D eigenvalue weighted by Gasteiger charge is 2.46. The fourth-order valence-electron chi connectivity index (χ4n) is 2.36. The molecule has 0 bridgehead atoms. The average molecular weight is 414 g/mol. The predicted molar refractivity (Wildman–Crippen MR) is 94.4 cm³/mol. The molecule has 0 aromatic carbocycles. The van der Waals surface area contributed by atoms with Crippen LogP contribution in [0.3, 0.4) is 0 Å². The molecule has 3 aliphatic heterocycles. The number of nitrogens with zero attached hydrogens (tertiary/aromatic N) is 1. The molecule has 0 aromatic rings. The number of halogens is 3. The van der Waals surface area contributed by atoms with Crippen molar-refractivity contribution in [3.63, 3.8) is 0 Å². The monoisotopic (exact) mass is 414 g/mol. The fourth-order valence-corrected chi connectivity index (χ4v) is 3.59. The number of hydrogen-bond donors (Lipinski definition) is 1. The van der Waals surface area contributed by atoms with Crippen LogP contribution < -0.4 is 5.32 Å². The van der Waals surface area contributed by atoms with E-state index in [1.165, 1.54) is 4.90 Å². The summed E-state index contributed by atoms with van der Waals surface area (Å²) in [6, 6.07) is -0.475. The van der Waals surface area contributed by atoms with Gasteiger partial charge in [0.05, 0.1) is 24.5 Å². The second kappa shape index (κ2) is 11.6. The van der Waals surface area contributed by atoms with Crippen LogP contribution in [-0.2, 0) is 18.3 Å². The molecule has 2 saturated heterocycles. The van der Waals surface area contributed by atoms with Gasteiger partial charge in [-0.3, -0.25) is 4.90 Å². The number of carbonyl (C=O) groups is 1. The van der Waals surface area contributed by atoms with Crippen LogP contribution in [0.25, 0.3) is 0 Å². The molecule has 0 spiro atoms. The van der Waals surface area contributed by atoms with Gasteiger partial charge in [-0.25, -0.2) is 18.0 Å². The summed E-state index contributed by atoms with van der Waals surface area (Å²) in [5.41, 5.74) is -0.0508. The van der Waals surface area contributed by atoms with Crippen LogP contribution in [0.5, 0.6) is 0 Å². The molecule has 0 saturated carbocycles. The highest BCUT2D eigenvalue weighted by molar-refractivity contribution is 7.41. The van der Waals surface area contributed by atoms with Gasteiger partial charge in [-0.1, -0.05) is 20.4 Å². The van der Waals surface area contributed by atoms with Gasteiger partial charge in [-0.05, 0) is 13.8 Å². The molecule has 4 unspecified atom stereocenters. The molecule has 1 N–H and O–H groups in total. The summed E-state index contributed by atoms with van der Waals surface area (Å²) in [5.74, 6) is -0.597. The Morgan fingerprint density at radius 3 is 2.63 bits per heavy atom. The van der Waals surface area contributed by atoms with Gasteiger partial charge in [0.2, 0.25) is 6.93 Å². The Kier molecular flexibility index (Phi) is 10.3. The van der Waals surface area contributed by atoms with Gasteiger partial charge in [0.15, 0.2) is 5.83 Å². The standard InChI is InChI=1S/C13H18FN2O5P.C2H6.CH2F2/c1-7(2)20-22-18-6-11-10(21-22)4-12(19-11)16-5-9(14)8(3)15-13(16)17;1-2;2-1-3/h5,7,10-12H,3-4,6H2,1-2H3,(H,15,17);1-2H3;1H2. The Labute approximate surface area is 158 Å². The Bertz CT molecular complexity index is 538. The molecule has 2 amide bonds. The Balaban J connectivity index is 0.000000665. The van der Waals surface area contributed by atoms with E-state index in [0.29, 0.717) is 13.0 Å². The number of allylic oxidation sites excluding steroid dienone is 1. The quantitative estimate of drug-likeness (QED) is 0.692. The van der Waals surface area contributed by atoms with Crippen molar-refractivity contribution in [1.82, 2.24) is 10.2 Å². The number of rotatable bonds is 3. The maximum atomic E-state index is 13.6. The second-order valence-corrected chi connectivity index (χ2v) is 6.70. The number of amides is 2. The van der Waals surface area contributed by atoms with Crippen LogP contribution in [0, 0.1) is 0 Å². The van der Waals surface area contributed by atoms with Crippen LogP contribution >= 0.6 is 8.60 Å². The van der Waals surface area contributed by atoms with Crippen LogP contribution in [-0.4, -0.2) is 49.0 Å². The number of nitrogens with one attached hydrogen (secondary N) is 1. The first-order chi connectivity index (χ1) is 12.8. The van der Waals surface area contributed by atoms with Crippen LogP contribution in [0.1, 0.15) is 34.1 Å². The van der Waals surface area contributed by atoms with Gasteiger partial charge in [0.25, 0.3) is 0 Å². The van der Waals surface area contributed by atoms with Gasteiger partial charge in [-0.15, -0.1) is 0 Å². The van der Waals surface area contributed by atoms with E-state index in [-0.39, 0.29) is 24.0 Å². The first-order valence-corrected chi connectivity index (χ1v) is 9.65. The molecule has 156 valence electrons. The Morgan fingerprint density at radius 2 is 2.04 bits per heavy atom. The number of alkyl halides is 2. The SMILES string of the molecule is C=C1NC(=O)N(C2CC3OP(OC(C)C)OCC3O2)C=C1F.CC.FCF. The van der Waals surface area contributed by atoms with Crippen LogP contribution in [0.4, 0.5) is 18.0 Å². The zero-order chi connectivity index (χ0) is 20.6. The van der Waals surface area contributed by atoms with Crippen molar-refractivity contribution >= 4 is 14.6 Å². The largest absolute Gasteiger partial charge is 0.349 e. The molecule has 27 heavy (non-hydrogen) atoms. The van der Waals surface area contributed by atoms with E-state index >= 15 is 0 Å². The van der Waals surface area contributed by atoms with Crippen molar-refractivity contribution in [1.29, 1.82) is 0 Å². The Morgan fingerprint density at radius 1 is 1.41 bits per heavy atom. The number of ether oxygens (including phenoxy) is 1. The number of fused-ring (bicyclic) bond motifs is 1. The topological polar surface area (TPSA) is 69.3 Å². The third-order valence-electron chi connectivity index (χ3n) is 3.39. The summed E-state index contributed by atoms with van der Waals surface area (Å²) in [6.07, 6.45) is 0.380. The maximum absolute atomic E-state index is 13.6. The van der Waals surface area contributed by atoms with Gasteiger partial charge in [0, 0.05) is 12.6 Å². The molecule has 2 fully saturated rings. The summed E-state index contributed by atoms with van der Waals surface area (Å²) in [5, 5.41) is 2.35. The third kappa shape index (κ3) is 6.73. The van der Waals surface area contributed by atoms with Crippen molar-refractivity contribution < 1.29 is 36.3 Å². The van der Waals surface area contributed by atoms with Crippen LogP contribution in [0.2, 0.25) is 0 Å². The zero-order valence-corrected chi connectivity index (χ0v) is 16.7. The maximum Gasteiger partial charge on any atom is 0.333 e. The fraction of sp³-hybridized carbons (Fsp3) is 0.688. The lowest BCUT2D eigenvalue weighted by Crippen LogP contribution is -2.45. The van der Waals surface area contributed by atoms with E-state index in [4.69, 9.17) is 18.3 Å². The minimum absolute atomic E-state index is 0.00306. The third-order valence-corrected chi connectivity index (χ3v) is 4.78. The summed E-state index contributed by atoms with van der Waals surface area (Å²) in [6.45, 7) is 9.79. The predicted octanol–water partition coefficient (Wildman–Crippen LogP) is 4.43. The first kappa shape index (κ1) is 23.8. The molecule has 0 radical (unpaired) electrons. The lowest BCUT2D eigenvalue weighted by molar-refractivity contribution is -0.0695. The lowest BCUT2D eigenvalue weighted by atomic mass is 10.2. The molecular weight excluding hydrogens is 388 g/mol. The van der Waals surface area contributed by atoms with Gasteiger partial charge in [0.1, 0.15) is 12.3 Å². The molecule has 7 nitrogen and oxygen atoms in total. The molecule has 11 heteroatoms. The summed E-state index contributed by atoms with van der Waals surface area (Å²) in [7, 11) is -1.41. The van der Waals surface area contributed by atoms with E-state index in [2.05, 4.69) is 11.9 Å². The highest BCUT2D eigenvalue weighted by Crippen LogP contribution is 2.49. The van der Waals surface area contributed by atoms with E-state index < -0.39 is 33.6 Å². The lowest BCUT2D eigenvalue weighted by Gasteiger charge is -2.30. The molecular formula is C16H26F3N2O5P. The molecule has 3 aliphatic rings. The average Bonchev–Trinajstić information content (AvgIpc) is 3.03. The van der Waals surface area contributed by atoms with Crippen LogP contribution in [0.15, 0.2) is 24.3 Å². The van der Waals surface area contributed by atoms with Crippen molar-refractivity contribution in [3.8, 4) is 0 Å². The number of hydrogen-bond acceptors (Lipinski definition) is 5. The second-order valence-electron chi connectivity index (χ2n) is 5.58. The smallest absolute Gasteiger partial charge is 0.333 e. The van der Waals surface area contributed by atoms with E-state index in [9.17, 15) is 18.0 Å². The summed E-state index contributed by atoms with van der Waals surface area (Å²) in [4.78, 5) is 13.1.